The number of hydrogen-bond acceptors (Lipinski definition) is 3. The van der Waals surface area contributed by atoms with Crippen molar-refractivity contribution in [2.75, 3.05) is 24.7 Å². The van der Waals surface area contributed by atoms with Crippen molar-refractivity contribution >= 4 is 5.69 Å². The van der Waals surface area contributed by atoms with Crippen LogP contribution in [0.2, 0.25) is 0 Å². The summed E-state index contributed by atoms with van der Waals surface area (Å²) in [4.78, 5) is 2.55. The zero-order chi connectivity index (χ0) is 11.7. The highest BCUT2D eigenvalue weighted by molar-refractivity contribution is 5.51. The van der Waals surface area contributed by atoms with E-state index in [-0.39, 0.29) is 0 Å². The Morgan fingerprint density at radius 1 is 1.12 bits per heavy atom. The third-order valence-electron chi connectivity index (χ3n) is 3.62. The second-order valence-corrected chi connectivity index (χ2v) is 5.03. The first-order valence-electron chi connectivity index (χ1n) is 6.53. The van der Waals surface area contributed by atoms with E-state index in [1.54, 1.807) is 0 Å². The van der Waals surface area contributed by atoms with E-state index < -0.39 is 0 Å². The van der Waals surface area contributed by atoms with Gasteiger partial charge in [0.25, 0.3) is 0 Å². The lowest BCUT2D eigenvalue weighted by Gasteiger charge is -2.39. The van der Waals surface area contributed by atoms with Crippen molar-refractivity contribution in [1.82, 2.24) is 0 Å². The number of ether oxygens (including phenoxy) is 1. The zero-order valence-electron chi connectivity index (χ0n) is 10.1. The van der Waals surface area contributed by atoms with Gasteiger partial charge in [-0.1, -0.05) is 12.1 Å². The van der Waals surface area contributed by atoms with Gasteiger partial charge in [0.1, 0.15) is 0 Å². The first-order valence-corrected chi connectivity index (χ1v) is 6.53. The Hall–Kier alpha value is -1.06. The molecule has 0 spiro atoms. The average Bonchev–Trinajstić information content (AvgIpc) is 3.09. The molecule has 3 rings (SSSR count). The summed E-state index contributed by atoms with van der Waals surface area (Å²) in [5.74, 6) is 0. The molecule has 2 aliphatic rings. The van der Waals surface area contributed by atoms with Gasteiger partial charge >= 0.3 is 0 Å². The SMILES string of the molecule is NCCc1ccc(N(C2CC2)C2COC2)cc1. The van der Waals surface area contributed by atoms with Crippen LogP contribution in [0.25, 0.3) is 0 Å². The molecule has 3 nitrogen and oxygen atoms in total. The van der Waals surface area contributed by atoms with E-state index >= 15 is 0 Å². The van der Waals surface area contributed by atoms with Gasteiger partial charge in [-0.2, -0.15) is 0 Å². The van der Waals surface area contributed by atoms with Crippen LogP contribution in [0.4, 0.5) is 5.69 Å². The van der Waals surface area contributed by atoms with E-state index in [2.05, 4.69) is 29.2 Å². The number of benzene rings is 1. The summed E-state index contributed by atoms with van der Waals surface area (Å²) in [5, 5.41) is 0. The summed E-state index contributed by atoms with van der Waals surface area (Å²) in [6.07, 6.45) is 3.64. The quantitative estimate of drug-likeness (QED) is 0.837. The topological polar surface area (TPSA) is 38.5 Å². The van der Waals surface area contributed by atoms with Crippen molar-refractivity contribution in [3.8, 4) is 0 Å². The molecule has 0 aromatic heterocycles. The molecule has 1 aromatic carbocycles. The summed E-state index contributed by atoms with van der Waals surface area (Å²) in [6.45, 7) is 2.50. The molecule has 0 atom stereocenters. The second-order valence-electron chi connectivity index (χ2n) is 5.03. The predicted molar refractivity (Wildman–Crippen MR) is 69.3 cm³/mol. The first-order chi connectivity index (χ1) is 8.38. The molecule has 3 heteroatoms. The highest BCUT2D eigenvalue weighted by Gasteiger charge is 2.37. The van der Waals surface area contributed by atoms with Crippen LogP contribution in [0.5, 0.6) is 0 Å². The Bertz CT molecular complexity index is 368. The van der Waals surface area contributed by atoms with Gasteiger partial charge in [-0.25, -0.2) is 0 Å². The number of nitrogens with zero attached hydrogens (tertiary/aromatic N) is 1. The molecule has 1 aliphatic heterocycles. The van der Waals surface area contributed by atoms with Crippen LogP contribution in [0, 0.1) is 0 Å². The van der Waals surface area contributed by atoms with E-state index in [1.165, 1.54) is 24.1 Å². The normalized spacial score (nSPS) is 20.1. The van der Waals surface area contributed by atoms with Crippen molar-refractivity contribution in [2.45, 2.75) is 31.3 Å². The maximum absolute atomic E-state index is 5.57. The summed E-state index contributed by atoms with van der Waals surface area (Å²) >= 11 is 0. The van der Waals surface area contributed by atoms with Crippen LogP contribution in [-0.4, -0.2) is 31.8 Å². The molecule has 2 N–H and O–H groups in total. The molecule has 1 heterocycles. The number of hydrogen-bond donors (Lipinski definition) is 1. The Labute approximate surface area is 103 Å². The van der Waals surface area contributed by atoms with Gasteiger partial charge in [-0.15, -0.1) is 0 Å². The van der Waals surface area contributed by atoms with E-state index in [1.807, 2.05) is 0 Å². The number of anilines is 1. The number of nitrogens with two attached hydrogens (primary N) is 1. The second kappa shape index (κ2) is 4.67. The molecular formula is C14H20N2O. The molecule has 2 fully saturated rings. The van der Waals surface area contributed by atoms with Gasteiger partial charge in [-0.3, -0.25) is 0 Å². The highest BCUT2D eigenvalue weighted by atomic mass is 16.5. The largest absolute Gasteiger partial charge is 0.377 e. The minimum absolute atomic E-state index is 0.600. The Kier molecular flexibility index (Phi) is 3.04. The molecular weight excluding hydrogens is 212 g/mol. The maximum Gasteiger partial charge on any atom is 0.0760 e. The van der Waals surface area contributed by atoms with Gasteiger partial charge in [0, 0.05) is 11.7 Å². The predicted octanol–water partition coefficient (Wildman–Crippen LogP) is 1.56. The summed E-state index contributed by atoms with van der Waals surface area (Å²) < 4.78 is 5.32. The Balaban J connectivity index is 1.75. The molecule has 92 valence electrons. The molecule has 1 aromatic rings. The fourth-order valence-corrected chi connectivity index (χ4v) is 2.46. The monoisotopic (exact) mass is 232 g/mol. The van der Waals surface area contributed by atoms with Crippen molar-refractivity contribution in [1.29, 1.82) is 0 Å². The molecule has 0 radical (unpaired) electrons. The first kappa shape index (κ1) is 11.1. The van der Waals surface area contributed by atoms with Crippen LogP contribution in [0.15, 0.2) is 24.3 Å². The molecule has 0 bridgehead atoms. The van der Waals surface area contributed by atoms with E-state index in [0.717, 1.165) is 32.2 Å². The minimum atomic E-state index is 0.600. The smallest absolute Gasteiger partial charge is 0.0760 e. The molecule has 0 unspecified atom stereocenters. The van der Waals surface area contributed by atoms with E-state index in [4.69, 9.17) is 10.5 Å². The van der Waals surface area contributed by atoms with Gasteiger partial charge in [-0.05, 0) is 43.5 Å². The van der Waals surface area contributed by atoms with E-state index in [0.29, 0.717) is 6.04 Å². The van der Waals surface area contributed by atoms with Crippen LogP contribution in [0.1, 0.15) is 18.4 Å². The van der Waals surface area contributed by atoms with Crippen LogP contribution in [0.3, 0.4) is 0 Å². The average molecular weight is 232 g/mol. The minimum Gasteiger partial charge on any atom is -0.377 e. The maximum atomic E-state index is 5.57. The van der Waals surface area contributed by atoms with Gasteiger partial charge in [0.15, 0.2) is 0 Å². The van der Waals surface area contributed by atoms with Crippen molar-refractivity contribution in [3.63, 3.8) is 0 Å². The Morgan fingerprint density at radius 2 is 1.82 bits per heavy atom. The van der Waals surface area contributed by atoms with Crippen molar-refractivity contribution in [3.05, 3.63) is 29.8 Å². The van der Waals surface area contributed by atoms with Crippen LogP contribution < -0.4 is 10.6 Å². The third kappa shape index (κ3) is 2.31. The van der Waals surface area contributed by atoms with Crippen LogP contribution in [-0.2, 0) is 11.2 Å². The molecule has 1 saturated carbocycles. The van der Waals surface area contributed by atoms with E-state index in [9.17, 15) is 0 Å². The molecule has 17 heavy (non-hydrogen) atoms. The molecule has 1 aliphatic carbocycles. The molecule has 0 amide bonds. The standard InChI is InChI=1S/C14H20N2O/c15-8-7-11-1-3-12(4-2-11)16(13-5-6-13)14-9-17-10-14/h1-4,13-14H,5-10,15H2. The molecule has 1 saturated heterocycles. The van der Waals surface area contributed by atoms with Gasteiger partial charge in [0.2, 0.25) is 0 Å². The third-order valence-corrected chi connectivity index (χ3v) is 3.62. The van der Waals surface area contributed by atoms with Gasteiger partial charge in [0.05, 0.1) is 19.3 Å². The summed E-state index contributed by atoms with van der Waals surface area (Å²) in [6, 6.07) is 10.2. The zero-order valence-corrected chi connectivity index (χ0v) is 10.1. The van der Waals surface area contributed by atoms with Crippen molar-refractivity contribution in [2.24, 2.45) is 5.73 Å². The van der Waals surface area contributed by atoms with Crippen LogP contribution >= 0.6 is 0 Å². The highest BCUT2D eigenvalue weighted by Crippen LogP contribution is 2.35. The summed E-state index contributed by atoms with van der Waals surface area (Å²) in [7, 11) is 0. The number of rotatable bonds is 5. The lowest BCUT2D eigenvalue weighted by atomic mass is 10.1. The fourth-order valence-electron chi connectivity index (χ4n) is 2.46. The lowest BCUT2D eigenvalue weighted by molar-refractivity contribution is 0.00740. The summed E-state index contributed by atoms with van der Waals surface area (Å²) in [5.41, 5.74) is 8.25. The Morgan fingerprint density at radius 3 is 2.29 bits per heavy atom. The van der Waals surface area contributed by atoms with Gasteiger partial charge < -0.3 is 15.4 Å². The van der Waals surface area contributed by atoms with Crippen molar-refractivity contribution < 1.29 is 4.74 Å². The fraction of sp³-hybridized carbons (Fsp3) is 0.571. The lowest BCUT2D eigenvalue weighted by Crippen LogP contribution is -2.50.